The maximum Gasteiger partial charge on any atom is 0.332 e. The van der Waals surface area contributed by atoms with Gasteiger partial charge in [-0.25, -0.2) is 4.79 Å². The first kappa shape index (κ1) is 11.5. The fourth-order valence-electron chi connectivity index (χ4n) is 1.33. The summed E-state index contributed by atoms with van der Waals surface area (Å²) in [4.78, 5) is 11.1. The van der Waals surface area contributed by atoms with Gasteiger partial charge in [-0.3, -0.25) is 0 Å². The summed E-state index contributed by atoms with van der Waals surface area (Å²) in [6, 6.07) is 0. The second-order valence-electron chi connectivity index (χ2n) is 3.66. The summed E-state index contributed by atoms with van der Waals surface area (Å²) in [5.41, 5.74) is 0. The van der Waals surface area contributed by atoms with Gasteiger partial charge in [-0.1, -0.05) is 0 Å². The Bertz CT molecular complexity index is 173. The van der Waals surface area contributed by atoms with Crippen molar-refractivity contribution in [3.63, 3.8) is 0 Å². The van der Waals surface area contributed by atoms with Crippen LogP contribution in [0.25, 0.3) is 0 Å². The lowest BCUT2D eigenvalue weighted by Gasteiger charge is -2.22. The third kappa shape index (κ3) is 4.58. The number of hydrogen-bond acceptors (Lipinski definition) is 4. The van der Waals surface area contributed by atoms with Gasteiger partial charge in [0.25, 0.3) is 0 Å². The van der Waals surface area contributed by atoms with Crippen LogP contribution in [-0.2, 0) is 19.0 Å². The Morgan fingerprint density at radius 3 is 2.64 bits per heavy atom. The number of hydrogen-bond donors (Lipinski definition) is 0. The van der Waals surface area contributed by atoms with E-state index in [2.05, 4.69) is 0 Å². The molecule has 0 bridgehead atoms. The summed E-state index contributed by atoms with van der Waals surface area (Å²) >= 11 is 0. The third-order valence-corrected chi connectivity index (χ3v) is 1.97. The quantitative estimate of drug-likeness (QED) is 0.641. The van der Waals surface area contributed by atoms with Gasteiger partial charge in [0.15, 0.2) is 0 Å². The largest absolute Gasteiger partial charge is 0.461 e. The monoisotopic (exact) mass is 202 g/mol. The minimum Gasteiger partial charge on any atom is -0.461 e. The molecule has 0 aromatic carbocycles. The number of carbonyl (C=O) groups excluding carboxylic acids is 1. The van der Waals surface area contributed by atoms with E-state index >= 15 is 0 Å². The van der Waals surface area contributed by atoms with Crippen molar-refractivity contribution >= 4 is 5.97 Å². The van der Waals surface area contributed by atoms with E-state index in [4.69, 9.17) is 14.2 Å². The van der Waals surface area contributed by atoms with E-state index in [1.54, 1.807) is 0 Å². The summed E-state index contributed by atoms with van der Waals surface area (Å²) < 4.78 is 15.5. The Kier molecular flexibility index (Phi) is 4.90. The molecule has 0 atom stereocenters. The predicted octanol–water partition coefficient (Wildman–Crippen LogP) is 1.13. The van der Waals surface area contributed by atoms with E-state index in [1.165, 1.54) is 0 Å². The van der Waals surface area contributed by atoms with Crippen molar-refractivity contribution < 1.29 is 19.0 Å². The molecule has 1 saturated heterocycles. The molecule has 1 aliphatic rings. The van der Waals surface area contributed by atoms with Gasteiger partial charge in [0.05, 0.1) is 12.2 Å². The SMILES string of the molecule is CC(C)OC(=O)COC1CCOCC1. The van der Waals surface area contributed by atoms with Crippen molar-refractivity contribution in [2.75, 3.05) is 19.8 Å². The lowest BCUT2D eigenvalue weighted by atomic mass is 10.2. The lowest BCUT2D eigenvalue weighted by Crippen LogP contribution is -2.27. The van der Waals surface area contributed by atoms with E-state index in [0.717, 1.165) is 26.1 Å². The molecule has 1 rings (SSSR count). The molecule has 0 N–H and O–H groups in total. The molecule has 0 unspecified atom stereocenters. The van der Waals surface area contributed by atoms with Crippen molar-refractivity contribution in [2.24, 2.45) is 0 Å². The highest BCUT2D eigenvalue weighted by molar-refractivity contribution is 5.70. The fraction of sp³-hybridized carbons (Fsp3) is 0.900. The summed E-state index contributed by atoms with van der Waals surface area (Å²) in [5.74, 6) is -0.286. The second kappa shape index (κ2) is 5.98. The van der Waals surface area contributed by atoms with Gasteiger partial charge in [-0.05, 0) is 26.7 Å². The van der Waals surface area contributed by atoms with Crippen LogP contribution in [0.4, 0.5) is 0 Å². The van der Waals surface area contributed by atoms with Crippen molar-refractivity contribution in [1.29, 1.82) is 0 Å². The standard InChI is InChI=1S/C10H18O4/c1-8(2)14-10(11)7-13-9-3-5-12-6-4-9/h8-9H,3-7H2,1-2H3. The average molecular weight is 202 g/mol. The first-order chi connectivity index (χ1) is 6.68. The highest BCUT2D eigenvalue weighted by Crippen LogP contribution is 2.10. The van der Waals surface area contributed by atoms with Gasteiger partial charge in [0.2, 0.25) is 0 Å². The van der Waals surface area contributed by atoms with Crippen LogP contribution in [0.5, 0.6) is 0 Å². The lowest BCUT2D eigenvalue weighted by molar-refractivity contribution is -0.156. The number of ether oxygens (including phenoxy) is 3. The Hall–Kier alpha value is -0.610. The van der Waals surface area contributed by atoms with Crippen LogP contribution in [0.15, 0.2) is 0 Å². The van der Waals surface area contributed by atoms with Gasteiger partial charge in [0.1, 0.15) is 6.61 Å². The summed E-state index contributed by atoms with van der Waals surface area (Å²) in [5, 5.41) is 0. The molecule has 1 heterocycles. The molecular weight excluding hydrogens is 184 g/mol. The molecule has 0 amide bonds. The zero-order chi connectivity index (χ0) is 10.4. The Labute approximate surface area is 84.5 Å². The second-order valence-corrected chi connectivity index (χ2v) is 3.66. The van der Waals surface area contributed by atoms with E-state index in [1.807, 2.05) is 13.8 Å². The van der Waals surface area contributed by atoms with Gasteiger partial charge in [0, 0.05) is 13.2 Å². The normalized spacial score (nSPS) is 18.5. The summed E-state index contributed by atoms with van der Waals surface area (Å²) in [6.45, 7) is 5.16. The first-order valence-electron chi connectivity index (χ1n) is 5.07. The molecule has 14 heavy (non-hydrogen) atoms. The molecule has 0 radical (unpaired) electrons. The molecule has 0 aromatic rings. The molecule has 1 aliphatic heterocycles. The molecule has 0 aromatic heterocycles. The predicted molar refractivity (Wildman–Crippen MR) is 51.0 cm³/mol. The van der Waals surface area contributed by atoms with Crippen LogP contribution < -0.4 is 0 Å². The number of esters is 1. The fourth-order valence-corrected chi connectivity index (χ4v) is 1.33. The molecule has 4 heteroatoms. The minimum absolute atomic E-state index is 0.0584. The van der Waals surface area contributed by atoms with Crippen LogP contribution >= 0.6 is 0 Å². The summed E-state index contributed by atoms with van der Waals surface area (Å²) in [6.07, 6.45) is 1.83. The van der Waals surface area contributed by atoms with E-state index in [0.29, 0.717) is 0 Å². The van der Waals surface area contributed by atoms with Crippen molar-refractivity contribution in [3.05, 3.63) is 0 Å². The van der Waals surface area contributed by atoms with Gasteiger partial charge in [-0.2, -0.15) is 0 Å². The van der Waals surface area contributed by atoms with E-state index < -0.39 is 0 Å². The smallest absolute Gasteiger partial charge is 0.332 e. The van der Waals surface area contributed by atoms with Crippen LogP contribution in [0.1, 0.15) is 26.7 Å². The molecule has 82 valence electrons. The Morgan fingerprint density at radius 1 is 1.43 bits per heavy atom. The maximum absolute atomic E-state index is 11.1. The summed E-state index contributed by atoms with van der Waals surface area (Å²) in [7, 11) is 0. The number of carbonyl (C=O) groups is 1. The van der Waals surface area contributed by atoms with Crippen LogP contribution in [0, 0.1) is 0 Å². The van der Waals surface area contributed by atoms with Gasteiger partial charge >= 0.3 is 5.97 Å². The van der Waals surface area contributed by atoms with Crippen molar-refractivity contribution in [3.8, 4) is 0 Å². The van der Waals surface area contributed by atoms with Crippen molar-refractivity contribution in [2.45, 2.75) is 38.9 Å². The Morgan fingerprint density at radius 2 is 2.07 bits per heavy atom. The zero-order valence-electron chi connectivity index (χ0n) is 8.82. The highest BCUT2D eigenvalue weighted by atomic mass is 16.6. The van der Waals surface area contributed by atoms with Crippen LogP contribution in [0.3, 0.4) is 0 Å². The molecule has 0 saturated carbocycles. The highest BCUT2D eigenvalue weighted by Gasteiger charge is 2.16. The molecule has 0 spiro atoms. The molecule has 0 aliphatic carbocycles. The Balaban J connectivity index is 2.09. The van der Waals surface area contributed by atoms with Crippen LogP contribution in [-0.4, -0.2) is 38.0 Å². The zero-order valence-corrected chi connectivity index (χ0v) is 8.82. The van der Waals surface area contributed by atoms with Crippen molar-refractivity contribution in [1.82, 2.24) is 0 Å². The average Bonchev–Trinajstić information content (AvgIpc) is 2.15. The third-order valence-electron chi connectivity index (χ3n) is 1.97. The van der Waals surface area contributed by atoms with Crippen LogP contribution in [0.2, 0.25) is 0 Å². The molecule has 1 fully saturated rings. The maximum atomic E-state index is 11.1. The van der Waals surface area contributed by atoms with Gasteiger partial charge in [-0.15, -0.1) is 0 Å². The number of rotatable bonds is 4. The van der Waals surface area contributed by atoms with Gasteiger partial charge < -0.3 is 14.2 Å². The molecule has 4 nitrogen and oxygen atoms in total. The first-order valence-corrected chi connectivity index (χ1v) is 5.07. The topological polar surface area (TPSA) is 44.8 Å². The van der Waals surface area contributed by atoms with E-state index in [9.17, 15) is 4.79 Å². The molecular formula is C10H18O4. The van der Waals surface area contributed by atoms with E-state index in [-0.39, 0.29) is 24.8 Å². The minimum atomic E-state index is -0.286.